The summed E-state index contributed by atoms with van der Waals surface area (Å²) in [6.45, 7) is 2.76. The monoisotopic (exact) mass is 290 g/mol. The summed E-state index contributed by atoms with van der Waals surface area (Å²) in [5, 5.41) is 0. The van der Waals surface area contributed by atoms with Gasteiger partial charge in [0.2, 0.25) is 0 Å². The summed E-state index contributed by atoms with van der Waals surface area (Å²) >= 11 is 0. The summed E-state index contributed by atoms with van der Waals surface area (Å²) in [6.07, 6.45) is 4.49. The second kappa shape index (κ2) is 7.77. The lowest BCUT2D eigenvalue weighted by Crippen LogP contribution is -1.98. The SMILES string of the molecule is CCCCCCOc1ccc(-c2ccc(F)cc2)c(F)c1. The predicted octanol–water partition coefficient (Wildman–Crippen LogP) is 5.59. The van der Waals surface area contributed by atoms with Crippen molar-refractivity contribution >= 4 is 0 Å². The Kier molecular flexibility index (Phi) is 5.73. The first-order chi connectivity index (χ1) is 10.2. The minimum atomic E-state index is -0.354. The molecule has 0 spiro atoms. The average molecular weight is 290 g/mol. The molecule has 0 atom stereocenters. The minimum Gasteiger partial charge on any atom is -0.493 e. The van der Waals surface area contributed by atoms with Crippen molar-refractivity contribution in [3.05, 3.63) is 54.1 Å². The van der Waals surface area contributed by atoms with Crippen LogP contribution in [0.4, 0.5) is 8.78 Å². The van der Waals surface area contributed by atoms with Gasteiger partial charge >= 0.3 is 0 Å². The topological polar surface area (TPSA) is 9.23 Å². The Morgan fingerprint density at radius 1 is 0.905 bits per heavy atom. The fraction of sp³-hybridized carbons (Fsp3) is 0.333. The van der Waals surface area contributed by atoms with Gasteiger partial charge in [-0.3, -0.25) is 0 Å². The van der Waals surface area contributed by atoms with Crippen molar-refractivity contribution in [3.63, 3.8) is 0 Å². The van der Waals surface area contributed by atoms with Crippen LogP contribution in [-0.4, -0.2) is 6.61 Å². The second-order valence-electron chi connectivity index (χ2n) is 5.06. The number of benzene rings is 2. The maximum absolute atomic E-state index is 14.1. The van der Waals surface area contributed by atoms with Gasteiger partial charge in [0.05, 0.1) is 6.61 Å². The molecule has 21 heavy (non-hydrogen) atoms. The molecule has 0 aliphatic carbocycles. The summed E-state index contributed by atoms with van der Waals surface area (Å²) in [4.78, 5) is 0. The summed E-state index contributed by atoms with van der Waals surface area (Å²) in [5.41, 5.74) is 1.11. The molecule has 0 unspecified atom stereocenters. The Balaban J connectivity index is 1.99. The molecule has 0 saturated heterocycles. The number of rotatable bonds is 7. The molecule has 0 radical (unpaired) electrons. The zero-order valence-electron chi connectivity index (χ0n) is 12.2. The highest BCUT2D eigenvalue weighted by molar-refractivity contribution is 5.64. The Morgan fingerprint density at radius 3 is 2.33 bits per heavy atom. The van der Waals surface area contributed by atoms with Gasteiger partial charge in [-0.2, -0.15) is 0 Å². The molecule has 0 amide bonds. The van der Waals surface area contributed by atoms with Gasteiger partial charge in [-0.25, -0.2) is 8.78 Å². The maximum Gasteiger partial charge on any atom is 0.134 e. The molecule has 0 fully saturated rings. The quantitative estimate of drug-likeness (QED) is 0.604. The standard InChI is InChI=1S/C18H20F2O/c1-2-3-4-5-12-21-16-10-11-17(18(20)13-16)14-6-8-15(19)9-7-14/h6-11,13H,2-5,12H2,1H3. The second-order valence-corrected chi connectivity index (χ2v) is 5.06. The Bertz CT molecular complexity index is 564. The molecule has 0 aliphatic rings. The van der Waals surface area contributed by atoms with E-state index < -0.39 is 0 Å². The van der Waals surface area contributed by atoms with Gasteiger partial charge in [-0.05, 0) is 36.2 Å². The predicted molar refractivity (Wildman–Crippen MR) is 81.4 cm³/mol. The molecule has 0 N–H and O–H groups in total. The smallest absolute Gasteiger partial charge is 0.134 e. The molecule has 2 aromatic carbocycles. The van der Waals surface area contributed by atoms with Gasteiger partial charge in [0.25, 0.3) is 0 Å². The van der Waals surface area contributed by atoms with Crippen LogP contribution in [0.25, 0.3) is 11.1 Å². The first-order valence-electron chi connectivity index (χ1n) is 7.39. The summed E-state index contributed by atoms with van der Waals surface area (Å²) in [5.74, 6) is -0.145. The molecule has 0 bridgehead atoms. The lowest BCUT2D eigenvalue weighted by atomic mass is 10.1. The molecule has 2 rings (SSSR count). The summed E-state index contributed by atoms with van der Waals surface area (Å²) in [6, 6.07) is 10.6. The minimum absolute atomic E-state index is 0.328. The Morgan fingerprint density at radius 2 is 1.67 bits per heavy atom. The van der Waals surface area contributed by atoms with Crippen LogP contribution in [0.1, 0.15) is 32.6 Å². The number of unbranched alkanes of at least 4 members (excludes halogenated alkanes) is 3. The van der Waals surface area contributed by atoms with Crippen molar-refractivity contribution in [2.75, 3.05) is 6.61 Å². The lowest BCUT2D eigenvalue weighted by molar-refractivity contribution is 0.303. The number of hydrogen-bond donors (Lipinski definition) is 0. The van der Waals surface area contributed by atoms with Crippen LogP contribution in [0.3, 0.4) is 0 Å². The molecule has 1 nitrogen and oxygen atoms in total. The van der Waals surface area contributed by atoms with Gasteiger partial charge in [0, 0.05) is 11.6 Å². The van der Waals surface area contributed by atoms with E-state index in [1.807, 2.05) is 0 Å². The third-order valence-electron chi connectivity index (χ3n) is 3.36. The van der Waals surface area contributed by atoms with E-state index in [9.17, 15) is 8.78 Å². The molecular formula is C18H20F2O. The van der Waals surface area contributed by atoms with Crippen LogP contribution in [0.2, 0.25) is 0 Å². The molecule has 112 valence electrons. The molecule has 0 aromatic heterocycles. The van der Waals surface area contributed by atoms with Crippen molar-refractivity contribution in [2.24, 2.45) is 0 Å². The fourth-order valence-electron chi connectivity index (χ4n) is 2.17. The van der Waals surface area contributed by atoms with Crippen LogP contribution in [0, 0.1) is 11.6 Å². The third-order valence-corrected chi connectivity index (χ3v) is 3.36. The van der Waals surface area contributed by atoms with Crippen LogP contribution >= 0.6 is 0 Å². The molecule has 2 aromatic rings. The van der Waals surface area contributed by atoms with Gasteiger partial charge in [-0.1, -0.05) is 38.3 Å². The van der Waals surface area contributed by atoms with Gasteiger partial charge in [0.15, 0.2) is 0 Å². The van der Waals surface area contributed by atoms with Gasteiger partial charge in [0.1, 0.15) is 17.4 Å². The van der Waals surface area contributed by atoms with Gasteiger partial charge in [-0.15, -0.1) is 0 Å². The molecular weight excluding hydrogens is 270 g/mol. The molecule has 0 saturated carbocycles. The highest BCUT2D eigenvalue weighted by atomic mass is 19.1. The highest BCUT2D eigenvalue weighted by Gasteiger charge is 2.07. The largest absolute Gasteiger partial charge is 0.493 e. The van der Waals surface area contributed by atoms with Gasteiger partial charge < -0.3 is 4.74 Å². The molecule has 0 aliphatic heterocycles. The third kappa shape index (κ3) is 4.55. The molecule has 3 heteroatoms. The van der Waals surface area contributed by atoms with Crippen molar-refractivity contribution in [1.82, 2.24) is 0 Å². The van der Waals surface area contributed by atoms with E-state index in [0.29, 0.717) is 23.5 Å². The number of halogens is 2. The van der Waals surface area contributed by atoms with Crippen LogP contribution in [0.15, 0.2) is 42.5 Å². The van der Waals surface area contributed by atoms with Crippen molar-refractivity contribution in [3.8, 4) is 16.9 Å². The van der Waals surface area contributed by atoms with E-state index in [1.54, 1.807) is 24.3 Å². The summed E-state index contributed by atoms with van der Waals surface area (Å²) < 4.78 is 32.5. The van der Waals surface area contributed by atoms with E-state index in [1.165, 1.54) is 31.0 Å². The lowest BCUT2D eigenvalue weighted by Gasteiger charge is -2.09. The van der Waals surface area contributed by atoms with Crippen LogP contribution < -0.4 is 4.74 Å². The average Bonchev–Trinajstić information content (AvgIpc) is 2.48. The van der Waals surface area contributed by atoms with Crippen molar-refractivity contribution in [2.45, 2.75) is 32.6 Å². The fourth-order valence-corrected chi connectivity index (χ4v) is 2.17. The van der Waals surface area contributed by atoms with Crippen molar-refractivity contribution in [1.29, 1.82) is 0 Å². The van der Waals surface area contributed by atoms with E-state index in [2.05, 4.69) is 6.92 Å². The van der Waals surface area contributed by atoms with Crippen LogP contribution in [-0.2, 0) is 0 Å². The normalized spacial score (nSPS) is 10.6. The first-order valence-corrected chi connectivity index (χ1v) is 7.39. The molecule has 0 heterocycles. The maximum atomic E-state index is 14.1. The first kappa shape index (κ1) is 15.5. The highest BCUT2D eigenvalue weighted by Crippen LogP contribution is 2.26. The zero-order valence-corrected chi connectivity index (χ0v) is 12.2. The number of ether oxygens (including phenoxy) is 1. The van der Waals surface area contributed by atoms with Crippen molar-refractivity contribution < 1.29 is 13.5 Å². The van der Waals surface area contributed by atoms with E-state index in [0.717, 1.165) is 12.8 Å². The summed E-state index contributed by atoms with van der Waals surface area (Å²) in [7, 11) is 0. The number of hydrogen-bond acceptors (Lipinski definition) is 1. The van der Waals surface area contributed by atoms with Crippen LogP contribution in [0.5, 0.6) is 5.75 Å². The van der Waals surface area contributed by atoms with E-state index in [4.69, 9.17) is 4.74 Å². The zero-order chi connectivity index (χ0) is 15.1. The van der Waals surface area contributed by atoms with E-state index >= 15 is 0 Å². The Labute approximate surface area is 124 Å². The van der Waals surface area contributed by atoms with E-state index in [-0.39, 0.29) is 11.6 Å². The Hall–Kier alpha value is -1.90.